The molecule has 0 bridgehead atoms. The maximum absolute atomic E-state index is 5.43. The zero-order chi connectivity index (χ0) is 9.10. The molecule has 72 valence electrons. The van der Waals surface area contributed by atoms with Gasteiger partial charge >= 0.3 is 0 Å². The van der Waals surface area contributed by atoms with E-state index in [2.05, 4.69) is 18.3 Å². The SMILES string of the molecule is CCCCC1NCCc2occc21. The quantitative estimate of drug-likeness (QED) is 0.771. The van der Waals surface area contributed by atoms with Gasteiger partial charge < -0.3 is 9.73 Å². The monoisotopic (exact) mass is 179 g/mol. The molecule has 1 aliphatic heterocycles. The molecule has 1 N–H and O–H groups in total. The van der Waals surface area contributed by atoms with Gasteiger partial charge in [0.15, 0.2) is 0 Å². The molecule has 1 unspecified atom stereocenters. The summed E-state index contributed by atoms with van der Waals surface area (Å²) in [5.41, 5.74) is 1.39. The minimum absolute atomic E-state index is 0.544. The first-order valence-electron chi connectivity index (χ1n) is 5.21. The van der Waals surface area contributed by atoms with Crippen molar-refractivity contribution in [1.29, 1.82) is 0 Å². The third-order valence-corrected chi connectivity index (χ3v) is 2.74. The van der Waals surface area contributed by atoms with E-state index in [1.165, 1.54) is 30.6 Å². The smallest absolute Gasteiger partial charge is 0.109 e. The van der Waals surface area contributed by atoms with E-state index in [0.29, 0.717) is 6.04 Å². The van der Waals surface area contributed by atoms with Crippen LogP contribution in [-0.2, 0) is 6.42 Å². The van der Waals surface area contributed by atoms with Gasteiger partial charge in [-0.15, -0.1) is 0 Å². The van der Waals surface area contributed by atoms with E-state index in [9.17, 15) is 0 Å². The first kappa shape index (κ1) is 8.82. The summed E-state index contributed by atoms with van der Waals surface area (Å²) in [6.07, 6.45) is 6.66. The number of furan rings is 1. The fraction of sp³-hybridized carbons (Fsp3) is 0.636. The van der Waals surface area contributed by atoms with Gasteiger partial charge in [-0.05, 0) is 12.5 Å². The fourth-order valence-corrected chi connectivity index (χ4v) is 2.00. The van der Waals surface area contributed by atoms with Crippen LogP contribution in [0.4, 0.5) is 0 Å². The van der Waals surface area contributed by atoms with Crippen LogP contribution in [0.1, 0.15) is 43.6 Å². The van der Waals surface area contributed by atoms with Gasteiger partial charge in [-0.2, -0.15) is 0 Å². The number of unbranched alkanes of at least 4 members (excludes halogenated alkanes) is 1. The van der Waals surface area contributed by atoms with Crippen LogP contribution in [0.15, 0.2) is 16.7 Å². The van der Waals surface area contributed by atoms with Crippen LogP contribution in [0.2, 0.25) is 0 Å². The predicted octanol–water partition coefficient (Wildman–Crippen LogP) is 2.66. The lowest BCUT2D eigenvalue weighted by Gasteiger charge is -2.22. The number of rotatable bonds is 3. The average molecular weight is 179 g/mol. The van der Waals surface area contributed by atoms with Crippen LogP contribution in [0, 0.1) is 0 Å². The van der Waals surface area contributed by atoms with Crippen LogP contribution in [0.25, 0.3) is 0 Å². The molecule has 0 fully saturated rings. The van der Waals surface area contributed by atoms with Crippen molar-refractivity contribution in [1.82, 2.24) is 5.32 Å². The summed E-state index contributed by atoms with van der Waals surface area (Å²) in [6, 6.07) is 2.66. The van der Waals surface area contributed by atoms with E-state index >= 15 is 0 Å². The molecule has 0 saturated heterocycles. The van der Waals surface area contributed by atoms with Crippen molar-refractivity contribution in [3.63, 3.8) is 0 Å². The lowest BCUT2D eigenvalue weighted by Crippen LogP contribution is -2.28. The molecular formula is C11H17NO. The zero-order valence-electron chi connectivity index (χ0n) is 8.18. The molecule has 1 aliphatic rings. The Balaban J connectivity index is 2.07. The van der Waals surface area contributed by atoms with Crippen molar-refractivity contribution in [3.8, 4) is 0 Å². The van der Waals surface area contributed by atoms with E-state index in [1.54, 1.807) is 0 Å². The molecule has 0 aromatic carbocycles. The van der Waals surface area contributed by atoms with Crippen LogP contribution in [0.3, 0.4) is 0 Å². The van der Waals surface area contributed by atoms with Crippen molar-refractivity contribution < 1.29 is 4.42 Å². The summed E-state index contributed by atoms with van der Waals surface area (Å²) in [6.45, 7) is 3.30. The Morgan fingerprint density at radius 2 is 2.54 bits per heavy atom. The molecule has 1 atom stereocenters. The summed E-state index contributed by atoms with van der Waals surface area (Å²) in [5.74, 6) is 1.19. The second kappa shape index (κ2) is 3.97. The van der Waals surface area contributed by atoms with Gasteiger partial charge in [0.2, 0.25) is 0 Å². The standard InChI is InChI=1S/C11H17NO/c1-2-3-4-10-9-6-8-13-11(9)5-7-12-10/h6,8,10,12H,2-5,7H2,1H3. The van der Waals surface area contributed by atoms with E-state index in [-0.39, 0.29) is 0 Å². The van der Waals surface area contributed by atoms with Crippen LogP contribution in [-0.4, -0.2) is 6.54 Å². The average Bonchev–Trinajstić information content (AvgIpc) is 2.62. The van der Waals surface area contributed by atoms with Crippen molar-refractivity contribution in [2.45, 2.75) is 38.6 Å². The molecular weight excluding hydrogens is 162 g/mol. The van der Waals surface area contributed by atoms with Gasteiger partial charge in [-0.3, -0.25) is 0 Å². The van der Waals surface area contributed by atoms with E-state index in [4.69, 9.17) is 4.42 Å². The van der Waals surface area contributed by atoms with Gasteiger partial charge in [0.05, 0.1) is 6.26 Å². The third kappa shape index (κ3) is 1.78. The van der Waals surface area contributed by atoms with Gasteiger partial charge in [-0.1, -0.05) is 19.8 Å². The zero-order valence-corrected chi connectivity index (χ0v) is 8.18. The van der Waals surface area contributed by atoms with E-state index in [0.717, 1.165) is 13.0 Å². The Morgan fingerprint density at radius 3 is 3.38 bits per heavy atom. The largest absolute Gasteiger partial charge is 0.469 e. The number of hydrogen-bond donors (Lipinski definition) is 1. The lowest BCUT2D eigenvalue weighted by atomic mass is 9.97. The fourth-order valence-electron chi connectivity index (χ4n) is 2.00. The summed E-state index contributed by atoms with van der Waals surface area (Å²) in [5, 5.41) is 3.54. The second-order valence-corrected chi connectivity index (χ2v) is 3.70. The predicted molar refractivity (Wildman–Crippen MR) is 52.7 cm³/mol. The molecule has 2 heteroatoms. The van der Waals surface area contributed by atoms with E-state index < -0.39 is 0 Å². The minimum Gasteiger partial charge on any atom is -0.469 e. The molecule has 2 heterocycles. The number of fused-ring (bicyclic) bond motifs is 1. The van der Waals surface area contributed by atoms with Crippen LogP contribution < -0.4 is 5.32 Å². The van der Waals surface area contributed by atoms with Gasteiger partial charge in [0.25, 0.3) is 0 Å². The maximum Gasteiger partial charge on any atom is 0.109 e. The highest BCUT2D eigenvalue weighted by Gasteiger charge is 2.20. The van der Waals surface area contributed by atoms with Crippen LogP contribution in [0.5, 0.6) is 0 Å². The van der Waals surface area contributed by atoms with Crippen LogP contribution >= 0.6 is 0 Å². The molecule has 0 aliphatic carbocycles. The topological polar surface area (TPSA) is 25.2 Å². The molecule has 0 radical (unpaired) electrons. The molecule has 2 rings (SSSR count). The van der Waals surface area contributed by atoms with Gasteiger partial charge in [0, 0.05) is 24.6 Å². The highest BCUT2D eigenvalue weighted by molar-refractivity contribution is 5.24. The normalized spacial score (nSPS) is 21.5. The molecule has 13 heavy (non-hydrogen) atoms. The Hall–Kier alpha value is -0.760. The Kier molecular flexibility index (Phi) is 2.69. The molecule has 1 aromatic rings. The highest BCUT2D eigenvalue weighted by atomic mass is 16.3. The minimum atomic E-state index is 0.544. The van der Waals surface area contributed by atoms with Crippen molar-refractivity contribution in [3.05, 3.63) is 23.7 Å². The lowest BCUT2D eigenvalue weighted by molar-refractivity contribution is 0.412. The third-order valence-electron chi connectivity index (χ3n) is 2.74. The molecule has 0 spiro atoms. The van der Waals surface area contributed by atoms with Crippen molar-refractivity contribution in [2.24, 2.45) is 0 Å². The molecule has 0 amide bonds. The summed E-state index contributed by atoms with van der Waals surface area (Å²) < 4.78 is 5.43. The number of hydrogen-bond acceptors (Lipinski definition) is 2. The first-order valence-corrected chi connectivity index (χ1v) is 5.21. The molecule has 1 aromatic heterocycles. The maximum atomic E-state index is 5.43. The highest BCUT2D eigenvalue weighted by Crippen LogP contribution is 2.27. The first-order chi connectivity index (χ1) is 6.42. The van der Waals surface area contributed by atoms with Gasteiger partial charge in [0.1, 0.15) is 5.76 Å². The summed E-state index contributed by atoms with van der Waals surface area (Å²) in [4.78, 5) is 0. The van der Waals surface area contributed by atoms with Gasteiger partial charge in [-0.25, -0.2) is 0 Å². The second-order valence-electron chi connectivity index (χ2n) is 3.70. The molecule has 2 nitrogen and oxygen atoms in total. The van der Waals surface area contributed by atoms with E-state index in [1.807, 2.05) is 6.26 Å². The Bertz CT molecular complexity index is 267. The Morgan fingerprint density at radius 1 is 1.62 bits per heavy atom. The number of nitrogens with one attached hydrogen (secondary N) is 1. The Labute approximate surface area is 79.3 Å². The van der Waals surface area contributed by atoms with Crippen molar-refractivity contribution >= 4 is 0 Å². The summed E-state index contributed by atoms with van der Waals surface area (Å²) in [7, 11) is 0. The summed E-state index contributed by atoms with van der Waals surface area (Å²) >= 11 is 0. The van der Waals surface area contributed by atoms with Crippen molar-refractivity contribution in [2.75, 3.05) is 6.54 Å². The molecule has 0 saturated carbocycles.